The van der Waals surface area contributed by atoms with E-state index >= 15 is 0 Å². The number of piperidine rings is 1. The molecule has 0 bridgehead atoms. The number of aromatic nitrogens is 4. The van der Waals surface area contributed by atoms with Crippen molar-refractivity contribution in [3.05, 3.63) is 59.6 Å². The molecule has 1 saturated heterocycles. The first-order valence-corrected chi connectivity index (χ1v) is 9.80. The highest BCUT2D eigenvalue weighted by Gasteiger charge is 2.29. The van der Waals surface area contributed by atoms with Gasteiger partial charge in [0.15, 0.2) is 0 Å². The van der Waals surface area contributed by atoms with Crippen molar-refractivity contribution >= 4 is 5.91 Å². The number of aryl methyl sites for hydroxylation is 1. The zero-order valence-electron chi connectivity index (χ0n) is 16.3. The fourth-order valence-electron chi connectivity index (χ4n) is 3.99. The summed E-state index contributed by atoms with van der Waals surface area (Å²) < 4.78 is 15.3. The van der Waals surface area contributed by atoms with Gasteiger partial charge in [0, 0.05) is 43.0 Å². The number of aliphatic hydroxyl groups excluding tert-OH is 1. The molecule has 0 aliphatic carbocycles. The summed E-state index contributed by atoms with van der Waals surface area (Å²) in [5, 5.41) is 16.2. The van der Waals surface area contributed by atoms with Gasteiger partial charge >= 0.3 is 0 Å². The molecule has 7 nitrogen and oxygen atoms in total. The predicted octanol–water partition coefficient (Wildman–Crippen LogP) is 2.73. The van der Waals surface area contributed by atoms with E-state index in [4.69, 9.17) is 0 Å². The number of halogens is 1. The normalized spacial score (nSPS) is 15.1. The highest BCUT2D eigenvalue weighted by Crippen LogP contribution is 2.30. The van der Waals surface area contributed by atoms with Crippen LogP contribution in [0.5, 0.6) is 0 Å². The zero-order valence-corrected chi connectivity index (χ0v) is 16.3. The number of carbonyl (C=O) groups is 1. The van der Waals surface area contributed by atoms with Gasteiger partial charge in [-0.3, -0.25) is 9.89 Å². The maximum absolute atomic E-state index is 13.2. The molecule has 0 saturated carbocycles. The molecule has 1 amide bonds. The van der Waals surface area contributed by atoms with Crippen LogP contribution < -0.4 is 0 Å². The van der Waals surface area contributed by atoms with Crippen LogP contribution in [0.3, 0.4) is 0 Å². The number of carbonyl (C=O) groups excluding carboxylic acids is 1. The summed E-state index contributed by atoms with van der Waals surface area (Å²) in [5.41, 5.74) is 2.86. The lowest BCUT2D eigenvalue weighted by molar-refractivity contribution is 0.0711. The van der Waals surface area contributed by atoms with Crippen molar-refractivity contribution in [3.63, 3.8) is 0 Å². The molecule has 4 rings (SSSR count). The lowest BCUT2D eigenvalue weighted by Gasteiger charge is -2.32. The van der Waals surface area contributed by atoms with Gasteiger partial charge in [0.2, 0.25) is 0 Å². The van der Waals surface area contributed by atoms with E-state index in [-0.39, 0.29) is 24.2 Å². The molecule has 1 aliphatic heterocycles. The Balaban J connectivity index is 1.47. The van der Waals surface area contributed by atoms with Crippen LogP contribution in [-0.4, -0.2) is 55.4 Å². The quantitative estimate of drug-likeness (QED) is 0.693. The van der Waals surface area contributed by atoms with Crippen LogP contribution >= 0.6 is 0 Å². The Kier molecular flexibility index (Phi) is 5.44. The number of H-pyrrole nitrogens is 1. The van der Waals surface area contributed by atoms with E-state index in [1.807, 2.05) is 18.0 Å². The molecule has 1 fully saturated rings. The summed E-state index contributed by atoms with van der Waals surface area (Å²) in [4.78, 5) is 19.5. The maximum Gasteiger partial charge on any atom is 0.257 e. The summed E-state index contributed by atoms with van der Waals surface area (Å²) in [6.07, 6.45) is 5.00. The smallest absolute Gasteiger partial charge is 0.257 e. The van der Waals surface area contributed by atoms with Gasteiger partial charge in [-0.15, -0.1) is 0 Å². The highest BCUT2D eigenvalue weighted by molar-refractivity contribution is 5.99. The average Bonchev–Trinajstić information content (AvgIpc) is 3.36. The van der Waals surface area contributed by atoms with Crippen LogP contribution in [0, 0.1) is 12.7 Å². The van der Waals surface area contributed by atoms with E-state index in [0.29, 0.717) is 30.9 Å². The van der Waals surface area contributed by atoms with E-state index in [0.717, 1.165) is 29.9 Å². The van der Waals surface area contributed by atoms with Crippen molar-refractivity contribution in [2.24, 2.45) is 0 Å². The fourth-order valence-corrected chi connectivity index (χ4v) is 3.99. The first kappa shape index (κ1) is 19.3. The molecule has 3 heterocycles. The van der Waals surface area contributed by atoms with Gasteiger partial charge in [-0.1, -0.05) is 0 Å². The Morgan fingerprint density at radius 1 is 1.24 bits per heavy atom. The second-order valence-corrected chi connectivity index (χ2v) is 7.37. The molecule has 0 radical (unpaired) electrons. The third-order valence-corrected chi connectivity index (χ3v) is 5.56. The van der Waals surface area contributed by atoms with Crippen LogP contribution in [0.4, 0.5) is 4.39 Å². The van der Waals surface area contributed by atoms with E-state index in [2.05, 4.69) is 19.7 Å². The lowest BCUT2D eigenvalue weighted by Crippen LogP contribution is -2.38. The molecule has 3 aromatic rings. The predicted molar refractivity (Wildman–Crippen MR) is 106 cm³/mol. The Morgan fingerprint density at radius 2 is 1.97 bits per heavy atom. The van der Waals surface area contributed by atoms with Gasteiger partial charge < -0.3 is 14.6 Å². The van der Waals surface area contributed by atoms with Crippen molar-refractivity contribution in [1.82, 2.24) is 24.6 Å². The number of amides is 1. The van der Waals surface area contributed by atoms with Crippen molar-refractivity contribution < 1.29 is 14.3 Å². The van der Waals surface area contributed by atoms with E-state index < -0.39 is 0 Å². The molecule has 2 aromatic heterocycles. The number of aliphatic hydroxyl groups is 1. The molecule has 1 aromatic carbocycles. The number of rotatable bonds is 5. The minimum Gasteiger partial charge on any atom is -0.395 e. The number of aromatic amines is 1. The average molecular weight is 397 g/mol. The number of benzene rings is 1. The zero-order chi connectivity index (χ0) is 20.4. The number of likely N-dealkylation sites (tertiary alicyclic amines) is 1. The minimum absolute atomic E-state index is 0.0774. The second kappa shape index (κ2) is 8.16. The lowest BCUT2D eigenvalue weighted by atomic mass is 9.95. The van der Waals surface area contributed by atoms with E-state index in [1.165, 1.54) is 18.3 Å². The standard InChI is InChI=1S/C21H24FN5O2/c1-14-12-23-20(27(14)10-11-28)16-6-8-26(9-7-16)21(29)18-13-24-25-19(18)15-2-4-17(22)5-3-15/h2-5,12-13,16,28H,6-11H2,1H3,(H,24,25). The maximum atomic E-state index is 13.2. The third-order valence-electron chi connectivity index (χ3n) is 5.56. The second-order valence-electron chi connectivity index (χ2n) is 7.37. The SMILES string of the molecule is Cc1cnc(C2CCN(C(=O)c3cn[nH]c3-c3ccc(F)cc3)CC2)n1CCO. The molecule has 8 heteroatoms. The summed E-state index contributed by atoms with van der Waals surface area (Å²) >= 11 is 0. The largest absolute Gasteiger partial charge is 0.395 e. The van der Waals surface area contributed by atoms with Gasteiger partial charge in [-0.05, 0) is 44.0 Å². The van der Waals surface area contributed by atoms with Crippen LogP contribution in [0.2, 0.25) is 0 Å². The van der Waals surface area contributed by atoms with E-state index in [9.17, 15) is 14.3 Å². The van der Waals surface area contributed by atoms with Crippen molar-refractivity contribution in [2.75, 3.05) is 19.7 Å². The first-order chi connectivity index (χ1) is 14.1. The molecule has 2 N–H and O–H groups in total. The molecule has 0 atom stereocenters. The molecular weight excluding hydrogens is 373 g/mol. The van der Waals surface area contributed by atoms with E-state index in [1.54, 1.807) is 12.1 Å². The fraction of sp³-hybridized carbons (Fsp3) is 0.381. The Morgan fingerprint density at radius 3 is 2.66 bits per heavy atom. The topological polar surface area (TPSA) is 87.0 Å². The number of nitrogens with one attached hydrogen (secondary N) is 1. The van der Waals surface area contributed by atoms with Gasteiger partial charge in [-0.2, -0.15) is 5.10 Å². The van der Waals surface area contributed by atoms with Crippen molar-refractivity contribution in [1.29, 1.82) is 0 Å². The summed E-state index contributed by atoms with van der Waals surface area (Å²) in [6.45, 7) is 3.86. The van der Waals surface area contributed by atoms with Crippen molar-refractivity contribution in [3.8, 4) is 11.3 Å². The van der Waals surface area contributed by atoms with Crippen LogP contribution in [0.25, 0.3) is 11.3 Å². The molecule has 0 spiro atoms. The first-order valence-electron chi connectivity index (χ1n) is 9.80. The van der Waals surface area contributed by atoms with Gasteiger partial charge in [0.1, 0.15) is 11.6 Å². The van der Waals surface area contributed by atoms with Crippen molar-refractivity contribution in [2.45, 2.75) is 32.2 Å². The Bertz CT molecular complexity index is 987. The molecule has 0 unspecified atom stereocenters. The van der Waals surface area contributed by atoms with Crippen LogP contribution in [-0.2, 0) is 6.54 Å². The number of hydrogen-bond acceptors (Lipinski definition) is 4. The van der Waals surface area contributed by atoms with Crippen LogP contribution in [0.15, 0.2) is 36.7 Å². The summed E-state index contributed by atoms with van der Waals surface area (Å²) in [5.74, 6) is 0.851. The third kappa shape index (κ3) is 3.80. The molecule has 152 valence electrons. The highest BCUT2D eigenvalue weighted by atomic mass is 19.1. The Labute approximate surface area is 168 Å². The summed E-state index contributed by atoms with van der Waals surface area (Å²) in [7, 11) is 0. The minimum atomic E-state index is -0.321. The summed E-state index contributed by atoms with van der Waals surface area (Å²) in [6, 6.07) is 6.00. The number of imidazole rings is 1. The van der Waals surface area contributed by atoms with Gasteiger partial charge in [-0.25, -0.2) is 9.37 Å². The van der Waals surface area contributed by atoms with Crippen LogP contribution in [0.1, 0.15) is 40.6 Å². The monoisotopic (exact) mass is 397 g/mol. The molecule has 29 heavy (non-hydrogen) atoms. The Hall–Kier alpha value is -3.00. The number of nitrogens with zero attached hydrogens (tertiary/aromatic N) is 4. The van der Waals surface area contributed by atoms with Gasteiger partial charge in [0.05, 0.1) is 24.1 Å². The molecular formula is C21H24FN5O2. The molecule has 1 aliphatic rings. The number of hydrogen-bond donors (Lipinski definition) is 2. The van der Waals surface area contributed by atoms with Gasteiger partial charge in [0.25, 0.3) is 5.91 Å².